The summed E-state index contributed by atoms with van der Waals surface area (Å²) in [5.41, 5.74) is 3.88. The van der Waals surface area contributed by atoms with Crippen LogP contribution >= 0.6 is 0 Å². The van der Waals surface area contributed by atoms with Gasteiger partial charge in [-0.05, 0) is 43.3 Å². The summed E-state index contributed by atoms with van der Waals surface area (Å²) in [4.78, 5) is 0. The highest BCUT2D eigenvalue weighted by Gasteiger charge is 2.19. The summed E-state index contributed by atoms with van der Waals surface area (Å²) in [5.74, 6) is 2.40. The van der Waals surface area contributed by atoms with Crippen molar-refractivity contribution >= 4 is 10.9 Å². The first-order valence-electron chi connectivity index (χ1n) is 9.27. The second kappa shape index (κ2) is 7.90. The van der Waals surface area contributed by atoms with Gasteiger partial charge in [0, 0.05) is 11.8 Å². The topological polar surface area (TPSA) is 80.5 Å². The van der Waals surface area contributed by atoms with E-state index in [1.54, 1.807) is 28.4 Å². The number of aryl methyl sites for hydroxylation is 1. The second-order valence-corrected chi connectivity index (χ2v) is 6.58. The maximum atomic E-state index is 5.49. The number of hydrogen-bond acceptors (Lipinski definition) is 7. The molecule has 2 aromatic heterocycles. The van der Waals surface area contributed by atoms with E-state index >= 15 is 0 Å². The van der Waals surface area contributed by atoms with Gasteiger partial charge in [0.2, 0.25) is 5.75 Å². The third kappa shape index (κ3) is 3.26. The van der Waals surface area contributed by atoms with Gasteiger partial charge < -0.3 is 18.9 Å². The van der Waals surface area contributed by atoms with E-state index in [1.807, 2.05) is 54.2 Å². The lowest BCUT2D eigenvalue weighted by Crippen LogP contribution is -1.98. The molecule has 0 saturated carbocycles. The largest absolute Gasteiger partial charge is 0.497 e. The number of fused-ring (bicyclic) bond motifs is 1. The van der Waals surface area contributed by atoms with Crippen LogP contribution in [0.1, 0.15) is 5.69 Å². The molecular weight excluding hydrogens is 384 g/mol. The minimum Gasteiger partial charge on any atom is -0.497 e. The van der Waals surface area contributed by atoms with E-state index in [0.29, 0.717) is 22.9 Å². The zero-order valence-corrected chi connectivity index (χ0v) is 17.5. The van der Waals surface area contributed by atoms with Crippen LogP contribution in [0.3, 0.4) is 0 Å². The Hall–Kier alpha value is -3.81. The molecule has 4 aromatic rings. The molecule has 0 saturated heterocycles. The molecule has 8 nitrogen and oxygen atoms in total. The Kier molecular flexibility index (Phi) is 5.14. The average Bonchev–Trinajstić information content (AvgIpc) is 3.24. The van der Waals surface area contributed by atoms with E-state index in [2.05, 4.69) is 10.2 Å². The van der Waals surface area contributed by atoms with E-state index in [-0.39, 0.29) is 0 Å². The van der Waals surface area contributed by atoms with E-state index in [0.717, 1.165) is 33.6 Å². The third-order valence-electron chi connectivity index (χ3n) is 4.89. The van der Waals surface area contributed by atoms with Gasteiger partial charge in [0.1, 0.15) is 17.0 Å². The van der Waals surface area contributed by atoms with Gasteiger partial charge in [-0.2, -0.15) is 10.2 Å². The van der Waals surface area contributed by atoms with Crippen LogP contribution < -0.4 is 18.9 Å². The zero-order chi connectivity index (χ0) is 21.3. The van der Waals surface area contributed by atoms with Crippen molar-refractivity contribution in [3.8, 4) is 39.9 Å². The van der Waals surface area contributed by atoms with Crippen molar-refractivity contribution < 1.29 is 18.9 Å². The number of hydrogen-bond donors (Lipinski definition) is 0. The van der Waals surface area contributed by atoms with Crippen molar-refractivity contribution in [1.29, 1.82) is 0 Å². The Morgan fingerprint density at radius 1 is 0.800 bits per heavy atom. The molecule has 2 aromatic carbocycles. The molecule has 0 atom stereocenters. The predicted octanol–water partition coefficient (Wildman–Crippen LogP) is 3.83. The van der Waals surface area contributed by atoms with Crippen LogP contribution in [0, 0.1) is 6.92 Å². The first kappa shape index (κ1) is 19.5. The number of rotatable bonds is 6. The van der Waals surface area contributed by atoms with Gasteiger partial charge in [0.15, 0.2) is 11.5 Å². The lowest BCUT2D eigenvalue weighted by atomic mass is 10.1. The SMILES string of the molecule is COc1ccc(-n2cc3c(-c4cc(OC)c(OC)c(OC)c4)nnc(C)c3n2)cc1. The second-order valence-electron chi connectivity index (χ2n) is 6.58. The quantitative estimate of drug-likeness (QED) is 0.481. The van der Waals surface area contributed by atoms with Crippen LogP contribution in [0.15, 0.2) is 42.6 Å². The molecule has 0 N–H and O–H groups in total. The highest BCUT2D eigenvalue weighted by Crippen LogP contribution is 2.42. The molecule has 2 heterocycles. The molecule has 0 spiro atoms. The number of benzene rings is 2. The standard InChI is InChI=1S/C22H22N4O4/c1-13-20-17(12-26(25-20)15-6-8-16(27-2)9-7-15)21(24-23-13)14-10-18(28-3)22(30-5)19(11-14)29-4/h6-12H,1-5H3. The molecule has 154 valence electrons. The Balaban J connectivity index is 1.90. The molecule has 0 aliphatic carbocycles. The number of ether oxygens (including phenoxy) is 4. The Labute approximate surface area is 174 Å². The van der Waals surface area contributed by atoms with E-state index < -0.39 is 0 Å². The fourth-order valence-corrected chi connectivity index (χ4v) is 3.34. The Bertz CT molecular complexity index is 1180. The van der Waals surface area contributed by atoms with Gasteiger partial charge in [0.05, 0.1) is 45.2 Å². The zero-order valence-electron chi connectivity index (χ0n) is 17.5. The minimum absolute atomic E-state index is 0.522. The highest BCUT2D eigenvalue weighted by molar-refractivity contribution is 5.94. The molecule has 0 aliphatic rings. The molecule has 0 amide bonds. The Morgan fingerprint density at radius 2 is 1.47 bits per heavy atom. The maximum absolute atomic E-state index is 5.49. The number of methoxy groups -OCH3 is 4. The van der Waals surface area contributed by atoms with Crippen LogP contribution in [-0.4, -0.2) is 48.4 Å². The monoisotopic (exact) mass is 406 g/mol. The molecule has 8 heteroatoms. The lowest BCUT2D eigenvalue weighted by Gasteiger charge is -2.14. The summed E-state index contributed by atoms with van der Waals surface area (Å²) in [7, 11) is 6.38. The van der Waals surface area contributed by atoms with Gasteiger partial charge in [-0.25, -0.2) is 4.68 Å². The molecular formula is C22H22N4O4. The molecule has 4 rings (SSSR count). The summed E-state index contributed by atoms with van der Waals surface area (Å²) in [6.45, 7) is 1.89. The van der Waals surface area contributed by atoms with Crippen LogP contribution in [-0.2, 0) is 0 Å². The molecule has 0 radical (unpaired) electrons. The summed E-state index contributed by atoms with van der Waals surface area (Å²) in [5, 5.41) is 14.4. The van der Waals surface area contributed by atoms with Crippen molar-refractivity contribution in [2.75, 3.05) is 28.4 Å². The average molecular weight is 406 g/mol. The van der Waals surface area contributed by atoms with E-state index in [4.69, 9.17) is 24.0 Å². The number of aromatic nitrogens is 4. The van der Waals surface area contributed by atoms with Gasteiger partial charge in [-0.15, -0.1) is 5.10 Å². The van der Waals surface area contributed by atoms with Gasteiger partial charge >= 0.3 is 0 Å². The van der Waals surface area contributed by atoms with Crippen molar-refractivity contribution in [2.24, 2.45) is 0 Å². The fraction of sp³-hybridized carbons (Fsp3) is 0.227. The predicted molar refractivity (Wildman–Crippen MR) is 113 cm³/mol. The summed E-state index contributed by atoms with van der Waals surface area (Å²) in [6, 6.07) is 11.4. The first-order valence-corrected chi connectivity index (χ1v) is 9.27. The van der Waals surface area contributed by atoms with Crippen molar-refractivity contribution in [3.05, 3.63) is 48.3 Å². The molecule has 0 unspecified atom stereocenters. The number of nitrogens with zero attached hydrogens (tertiary/aromatic N) is 4. The Morgan fingerprint density at radius 3 is 2.03 bits per heavy atom. The van der Waals surface area contributed by atoms with E-state index in [9.17, 15) is 0 Å². The first-order chi connectivity index (χ1) is 14.6. The van der Waals surface area contributed by atoms with Crippen LogP contribution in [0.4, 0.5) is 0 Å². The summed E-state index contributed by atoms with van der Waals surface area (Å²) >= 11 is 0. The normalized spacial score (nSPS) is 10.8. The third-order valence-corrected chi connectivity index (χ3v) is 4.89. The van der Waals surface area contributed by atoms with Crippen molar-refractivity contribution in [3.63, 3.8) is 0 Å². The fourth-order valence-electron chi connectivity index (χ4n) is 3.34. The lowest BCUT2D eigenvalue weighted by molar-refractivity contribution is 0.324. The van der Waals surface area contributed by atoms with Crippen molar-refractivity contribution in [1.82, 2.24) is 20.0 Å². The smallest absolute Gasteiger partial charge is 0.203 e. The van der Waals surface area contributed by atoms with Crippen molar-refractivity contribution in [2.45, 2.75) is 6.92 Å². The summed E-state index contributed by atoms with van der Waals surface area (Å²) in [6.07, 6.45) is 1.94. The highest BCUT2D eigenvalue weighted by atomic mass is 16.5. The maximum Gasteiger partial charge on any atom is 0.203 e. The molecule has 0 fully saturated rings. The molecule has 0 aliphatic heterocycles. The van der Waals surface area contributed by atoms with Crippen LogP contribution in [0.2, 0.25) is 0 Å². The molecule has 0 bridgehead atoms. The minimum atomic E-state index is 0.522. The van der Waals surface area contributed by atoms with Gasteiger partial charge in [-0.3, -0.25) is 0 Å². The molecule has 30 heavy (non-hydrogen) atoms. The van der Waals surface area contributed by atoms with Crippen LogP contribution in [0.25, 0.3) is 27.8 Å². The summed E-state index contributed by atoms with van der Waals surface area (Å²) < 4.78 is 23.4. The van der Waals surface area contributed by atoms with Gasteiger partial charge in [-0.1, -0.05) is 0 Å². The van der Waals surface area contributed by atoms with Crippen LogP contribution in [0.5, 0.6) is 23.0 Å². The van der Waals surface area contributed by atoms with E-state index in [1.165, 1.54) is 0 Å². The van der Waals surface area contributed by atoms with Gasteiger partial charge in [0.25, 0.3) is 0 Å².